The second-order valence-corrected chi connectivity index (χ2v) is 7.55. The van der Waals surface area contributed by atoms with Crippen molar-refractivity contribution in [3.05, 3.63) is 59.2 Å². The Bertz CT molecular complexity index is 1200. The van der Waals surface area contributed by atoms with E-state index in [1.54, 1.807) is 28.9 Å². The number of fused-ring (bicyclic) bond motifs is 1. The van der Waals surface area contributed by atoms with Crippen molar-refractivity contribution in [2.24, 2.45) is 0 Å². The maximum absolute atomic E-state index is 13.3. The van der Waals surface area contributed by atoms with Crippen LogP contribution in [-0.2, 0) is 22.4 Å². The SMILES string of the molecule is COc1cc(NC(=O)COC(=O)c2nn(-c3ccc(F)cc3)c3c2CCC3)cc(OC)c1OC. The van der Waals surface area contributed by atoms with E-state index >= 15 is 0 Å². The molecule has 0 atom stereocenters. The molecule has 0 radical (unpaired) electrons. The van der Waals surface area contributed by atoms with Crippen LogP contribution < -0.4 is 19.5 Å². The van der Waals surface area contributed by atoms with Gasteiger partial charge in [-0.25, -0.2) is 13.9 Å². The molecular formula is C24H24FN3O6. The van der Waals surface area contributed by atoms with E-state index in [0.29, 0.717) is 35.0 Å². The van der Waals surface area contributed by atoms with Gasteiger partial charge in [0.25, 0.3) is 5.91 Å². The van der Waals surface area contributed by atoms with Gasteiger partial charge in [0, 0.05) is 29.1 Å². The number of aromatic nitrogens is 2. The molecule has 1 N–H and O–H groups in total. The van der Waals surface area contributed by atoms with Gasteiger partial charge in [-0.15, -0.1) is 0 Å². The summed E-state index contributed by atoms with van der Waals surface area (Å²) in [5.41, 5.74) is 2.88. The number of esters is 1. The highest BCUT2D eigenvalue weighted by Crippen LogP contribution is 2.39. The lowest BCUT2D eigenvalue weighted by Crippen LogP contribution is -2.21. The van der Waals surface area contributed by atoms with Crippen molar-refractivity contribution in [2.45, 2.75) is 19.3 Å². The first-order chi connectivity index (χ1) is 16.4. The molecule has 9 nitrogen and oxygen atoms in total. The number of nitrogens with one attached hydrogen (secondary N) is 1. The number of carbonyl (C=O) groups excluding carboxylic acids is 2. The number of methoxy groups -OCH3 is 3. The molecule has 3 aromatic rings. The van der Waals surface area contributed by atoms with Crippen LogP contribution in [0.15, 0.2) is 36.4 Å². The average molecular weight is 469 g/mol. The molecule has 1 aliphatic carbocycles. The molecule has 0 fully saturated rings. The van der Waals surface area contributed by atoms with Crippen LogP contribution in [0.5, 0.6) is 17.2 Å². The van der Waals surface area contributed by atoms with E-state index < -0.39 is 18.5 Å². The standard InChI is InChI=1S/C24H24FN3O6/c1-31-19-11-15(12-20(32-2)23(19)33-3)26-21(29)13-34-24(30)22-17-5-4-6-18(17)28(27-22)16-9-7-14(25)8-10-16/h7-12H,4-6,13H2,1-3H3,(H,26,29). The van der Waals surface area contributed by atoms with E-state index in [1.165, 1.54) is 33.5 Å². The molecule has 10 heteroatoms. The van der Waals surface area contributed by atoms with Crippen molar-refractivity contribution in [3.8, 4) is 22.9 Å². The number of nitrogens with zero attached hydrogens (tertiary/aromatic N) is 2. The lowest BCUT2D eigenvalue weighted by Gasteiger charge is -2.14. The van der Waals surface area contributed by atoms with Crippen molar-refractivity contribution in [3.63, 3.8) is 0 Å². The van der Waals surface area contributed by atoms with Gasteiger partial charge in [-0.3, -0.25) is 4.79 Å². The fourth-order valence-electron chi connectivity index (χ4n) is 3.95. The van der Waals surface area contributed by atoms with Crippen LogP contribution in [0.3, 0.4) is 0 Å². The van der Waals surface area contributed by atoms with Crippen molar-refractivity contribution in [2.75, 3.05) is 33.3 Å². The van der Waals surface area contributed by atoms with Gasteiger partial charge in [-0.05, 0) is 43.5 Å². The van der Waals surface area contributed by atoms with Crippen LogP contribution in [0.2, 0.25) is 0 Å². The monoisotopic (exact) mass is 469 g/mol. The van der Waals surface area contributed by atoms with Gasteiger partial charge in [0.2, 0.25) is 5.75 Å². The number of ether oxygens (including phenoxy) is 4. The zero-order chi connectivity index (χ0) is 24.2. The number of rotatable bonds is 8. The Kier molecular flexibility index (Phi) is 6.67. The summed E-state index contributed by atoms with van der Waals surface area (Å²) < 4.78 is 36.0. The third-order valence-electron chi connectivity index (χ3n) is 5.48. The average Bonchev–Trinajstić information content (AvgIpc) is 3.45. The number of hydrogen-bond donors (Lipinski definition) is 1. The molecule has 1 amide bonds. The molecule has 1 aromatic heterocycles. The molecule has 0 aliphatic heterocycles. The third-order valence-corrected chi connectivity index (χ3v) is 5.48. The lowest BCUT2D eigenvalue weighted by atomic mass is 10.2. The van der Waals surface area contributed by atoms with E-state index in [9.17, 15) is 14.0 Å². The summed E-state index contributed by atoms with van der Waals surface area (Å²) in [4.78, 5) is 25.2. The van der Waals surface area contributed by atoms with E-state index in [0.717, 1.165) is 24.1 Å². The van der Waals surface area contributed by atoms with Crippen LogP contribution in [0, 0.1) is 5.82 Å². The molecule has 1 aliphatic rings. The number of amides is 1. The largest absolute Gasteiger partial charge is 0.493 e. The minimum Gasteiger partial charge on any atom is -0.493 e. The molecule has 34 heavy (non-hydrogen) atoms. The molecule has 0 unspecified atom stereocenters. The molecular weight excluding hydrogens is 445 g/mol. The minimum absolute atomic E-state index is 0.164. The first-order valence-corrected chi connectivity index (χ1v) is 10.6. The molecule has 4 rings (SSSR count). The van der Waals surface area contributed by atoms with Crippen LogP contribution in [-0.4, -0.2) is 49.6 Å². The van der Waals surface area contributed by atoms with Gasteiger partial charge < -0.3 is 24.3 Å². The lowest BCUT2D eigenvalue weighted by molar-refractivity contribution is -0.119. The topological polar surface area (TPSA) is 101 Å². The summed E-state index contributed by atoms with van der Waals surface area (Å²) in [7, 11) is 4.41. The van der Waals surface area contributed by atoms with E-state index in [-0.39, 0.29) is 11.5 Å². The summed E-state index contributed by atoms with van der Waals surface area (Å²) in [6.07, 6.45) is 2.30. The van der Waals surface area contributed by atoms with E-state index in [1.807, 2.05) is 0 Å². The van der Waals surface area contributed by atoms with Gasteiger partial charge in [0.1, 0.15) is 5.82 Å². The number of benzene rings is 2. The van der Waals surface area contributed by atoms with Crippen LogP contribution in [0.4, 0.5) is 10.1 Å². The first-order valence-electron chi connectivity index (χ1n) is 10.6. The Hall–Kier alpha value is -4.08. The molecule has 1 heterocycles. The Balaban J connectivity index is 1.46. The summed E-state index contributed by atoms with van der Waals surface area (Å²) >= 11 is 0. The molecule has 178 valence electrons. The smallest absolute Gasteiger partial charge is 0.359 e. The summed E-state index contributed by atoms with van der Waals surface area (Å²) in [6, 6.07) is 9.01. The maximum Gasteiger partial charge on any atom is 0.359 e. The fraction of sp³-hybridized carbons (Fsp3) is 0.292. The number of halogens is 1. The fourth-order valence-corrected chi connectivity index (χ4v) is 3.95. The highest BCUT2D eigenvalue weighted by Gasteiger charge is 2.28. The van der Waals surface area contributed by atoms with Crippen molar-refractivity contribution >= 4 is 17.6 Å². The van der Waals surface area contributed by atoms with Gasteiger partial charge >= 0.3 is 5.97 Å². The predicted octanol–water partition coefficient (Wildman–Crippen LogP) is 3.32. The number of carbonyl (C=O) groups is 2. The Morgan fingerprint density at radius 2 is 1.71 bits per heavy atom. The molecule has 0 bridgehead atoms. The van der Waals surface area contributed by atoms with Crippen molar-refractivity contribution < 1.29 is 32.9 Å². The normalized spacial score (nSPS) is 12.1. The quantitative estimate of drug-likeness (QED) is 0.505. The Labute approximate surface area is 195 Å². The second kappa shape index (κ2) is 9.82. The van der Waals surface area contributed by atoms with Crippen LogP contribution >= 0.6 is 0 Å². The Morgan fingerprint density at radius 1 is 1.03 bits per heavy atom. The summed E-state index contributed by atoms with van der Waals surface area (Å²) in [6.45, 7) is -0.506. The van der Waals surface area contributed by atoms with Gasteiger partial charge in [0.15, 0.2) is 23.8 Å². The molecule has 0 spiro atoms. The first kappa shape index (κ1) is 23.1. The van der Waals surface area contributed by atoms with Crippen LogP contribution in [0.1, 0.15) is 28.2 Å². The van der Waals surface area contributed by atoms with Crippen molar-refractivity contribution in [1.29, 1.82) is 0 Å². The van der Waals surface area contributed by atoms with E-state index in [4.69, 9.17) is 18.9 Å². The molecule has 0 saturated heterocycles. The number of hydrogen-bond acceptors (Lipinski definition) is 7. The molecule has 0 saturated carbocycles. The Morgan fingerprint density at radius 3 is 2.32 bits per heavy atom. The second-order valence-electron chi connectivity index (χ2n) is 7.55. The number of anilines is 1. The minimum atomic E-state index is -0.695. The zero-order valence-corrected chi connectivity index (χ0v) is 19.0. The summed E-state index contributed by atoms with van der Waals surface area (Å²) in [5.74, 6) is -0.464. The molecule has 2 aromatic carbocycles. The van der Waals surface area contributed by atoms with Crippen LogP contribution in [0.25, 0.3) is 5.69 Å². The maximum atomic E-state index is 13.3. The highest BCUT2D eigenvalue weighted by atomic mass is 19.1. The van der Waals surface area contributed by atoms with E-state index in [2.05, 4.69) is 10.4 Å². The van der Waals surface area contributed by atoms with Gasteiger partial charge in [0.05, 0.1) is 27.0 Å². The van der Waals surface area contributed by atoms with Gasteiger partial charge in [-0.1, -0.05) is 0 Å². The highest BCUT2D eigenvalue weighted by molar-refractivity contribution is 5.96. The van der Waals surface area contributed by atoms with Gasteiger partial charge in [-0.2, -0.15) is 5.10 Å². The third kappa shape index (κ3) is 4.52. The zero-order valence-electron chi connectivity index (χ0n) is 19.0. The summed E-state index contributed by atoms with van der Waals surface area (Å²) in [5, 5.41) is 7.04. The van der Waals surface area contributed by atoms with Crippen molar-refractivity contribution in [1.82, 2.24) is 9.78 Å². The predicted molar refractivity (Wildman–Crippen MR) is 121 cm³/mol.